The van der Waals surface area contributed by atoms with Crippen LogP contribution in [0.25, 0.3) is 0 Å². The van der Waals surface area contributed by atoms with Crippen molar-refractivity contribution in [3.05, 3.63) is 35.9 Å². The highest BCUT2D eigenvalue weighted by Crippen LogP contribution is 2.61. The zero-order valence-electron chi connectivity index (χ0n) is 17.4. The van der Waals surface area contributed by atoms with Crippen molar-refractivity contribution in [2.45, 2.75) is 70.8 Å². The second-order valence-electron chi connectivity index (χ2n) is 10.2. The molecule has 4 aliphatic carbocycles. The summed E-state index contributed by atoms with van der Waals surface area (Å²) >= 11 is 0. The third kappa shape index (κ3) is 3.19. The average molecular weight is 396 g/mol. The van der Waals surface area contributed by atoms with Crippen molar-refractivity contribution in [3.63, 3.8) is 0 Å². The van der Waals surface area contributed by atoms with Gasteiger partial charge in [-0.3, -0.25) is 0 Å². The molecule has 5 rings (SSSR count). The molecular formula is C25H33NO3. The molecule has 1 aromatic carbocycles. The summed E-state index contributed by atoms with van der Waals surface area (Å²) in [4.78, 5) is 12.5. The van der Waals surface area contributed by atoms with Crippen LogP contribution < -0.4 is 0 Å². The Morgan fingerprint density at radius 3 is 2.62 bits per heavy atom. The van der Waals surface area contributed by atoms with Gasteiger partial charge in [0.25, 0.3) is 0 Å². The summed E-state index contributed by atoms with van der Waals surface area (Å²) in [6.45, 7) is 2.35. The Hall–Kier alpha value is -1.84. The van der Waals surface area contributed by atoms with E-state index in [0.717, 1.165) is 42.7 Å². The first-order valence-electron chi connectivity index (χ1n) is 11.6. The summed E-state index contributed by atoms with van der Waals surface area (Å²) in [5.74, 6) is 3.63. The van der Waals surface area contributed by atoms with Crippen LogP contribution in [0.4, 0.5) is 0 Å². The first-order valence-corrected chi connectivity index (χ1v) is 11.6. The van der Waals surface area contributed by atoms with Gasteiger partial charge in [0.05, 0.1) is 11.3 Å². The average Bonchev–Trinajstić information content (AvgIpc) is 3.10. The highest BCUT2D eigenvalue weighted by molar-refractivity contribution is 5.92. The van der Waals surface area contributed by atoms with Crippen molar-refractivity contribution in [1.82, 2.24) is 0 Å². The number of benzene rings is 1. The SMILES string of the molecule is C[C@]12CC[C@H]3[C@@H](CC[C@H]4C[C@H](OC(=O)c5ccccc5)CC[C@@H]43)[C@@H]1CC/C2=N\O. The third-order valence-electron chi connectivity index (χ3n) is 9.05. The van der Waals surface area contributed by atoms with Gasteiger partial charge in [0, 0.05) is 5.41 Å². The van der Waals surface area contributed by atoms with E-state index in [1.54, 1.807) is 0 Å². The van der Waals surface area contributed by atoms with Crippen LogP contribution in [0.3, 0.4) is 0 Å². The number of carbonyl (C=O) groups excluding carboxylic acids is 1. The van der Waals surface area contributed by atoms with Gasteiger partial charge >= 0.3 is 5.97 Å². The van der Waals surface area contributed by atoms with E-state index in [1.165, 1.54) is 38.5 Å². The smallest absolute Gasteiger partial charge is 0.338 e. The molecule has 0 spiro atoms. The normalized spacial score (nSPS) is 42.6. The summed E-state index contributed by atoms with van der Waals surface area (Å²) in [6.07, 6.45) is 10.5. The van der Waals surface area contributed by atoms with Gasteiger partial charge in [-0.1, -0.05) is 30.3 Å². The van der Waals surface area contributed by atoms with Crippen LogP contribution in [-0.4, -0.2) is 23.0 Å². The van der Waals surface area contributed by atoms with Crippen LogP contribution >= 0.6 is 0 Å². The topological polar surface area (TPSA) is 58.9 Å². The Morgan fingerprint density at radius 2 is 1.83 bits per heavy atom. The van der Waals surface area contributed by atoms with Crippen LogP contribution in [0, 0.1) is 35.0 Å². The Labute approximate surface area is 173 Å². The minimum Gasteiger partial charge on any atom is -0.459 e. The molecule has 0 amide bonds. The van der Waals surface area contributed by atoms with Crippen molar-refractivity contribution >= 4 is 11.7 Å². The van der Waals surface area contributed by atoms with Gasteiger partial charge in [-0.25, -0.2) is 4.79 Å². The number of hydrogen-bond acceptors (Lipinski definition) is 4. The van der Waals surface area contributed by atoms with Crippen molar-refractivity contribution in [3.8, 4) is 0 Å². The number of esters is 1. The van der Waals surface area contributed by atoms with E-state index in [0.29, 0.717) is 17.4 Å². The molecule has 0 saturated heterocycles. The van der Waals surface area contributed by atoms with Crippen molar-refractivity contribution < 1.29 is 14.7 Å². The number of carbonyl (C=O) groups is 1. The molecule has 4 saturated carbocycles. The minimum absolute atomic E-state index is 0.0777. The molecule has 1 N–H and O–H groups in total. The summed E-state index contributed by atoms with van der Waals surface area (Å²) in [7, 11) is 0. The number of oxime groups is 1. The predicted octanol–water partition coefficient (Wildman–Crippen LogP) is 5.69. The summed E-state index contributed by atoms with van der Waals surface area (Å²) in [6, 6.07) is 9.38. The van der Waals surface area contributed by atoms with Crippen molar-refractivity contribution in [1.29, 1.82) is 0 Å². The Bertz CT molecular complexity index is 791. The van der Waals surface area contributed by atoms with E-state index in [2.05, 4.69) is 12.1 Å². The number of ether oxygens (including phenoxy) is 1. The molecular weight excluding hydrogens is 362 g/mol. The van der Waals surface area contributed by atoms with Gasteiger partial charge in [0.1, 0.15) is 6.10 Å². The first kappa shape index (κ1) is 19.1. The lowest BCUT2D eigenvalue weighted by atomic mass is 9.50. The molecule has 0 radical (unpaired) electrons. The van der Waals surface area contributed by atoms with E-state index in [1.807, 2.05) is 30.3 Å². The molecule has 1 aromatic rings. The van der Waals surface area contributed by atoms with Crippen LogP contribution in [0.2, 0.25) is 0 Å². The minimum atomic E-state index is -0.169. The predicted molar refractivity (Wildman–Crippen MR) is 112 cm³/mol. The Balaban J connectivity index is 1.24. The molecule has 4 fully saturated rings. The molecule has 0 bridgehead atoms. The maximum atomic E-state index is 12.5. The quantitative estimate of drug-likeness (QED) is 0.397. The lowest BCUT2D eigenvalue weighted by Crippen LogP contribution is -2.49. The van der Waals surface area contributed by atoms with E-state index in [4.69, 9.17) is 4.74 Å². The van der Waals surface area contributed by atoms with Crippen LogP contribution in [0.15, 0.2) is 35.5 Å². The van der Waals surface area contributed by atoms with E-state index >= 15 is 0 Å². The van der Waals surface area contributed by atoms with Crippen LogP contribution in [0.1, 0.15) is 75.1 Å². The van der Waals surface area contributed by atoms with E-state index < -0.39 is 0 Å². The van der Waals surface area contributed by atoms with Crippen molar-refractivity contribution in [2.24, 2.45) is 40.2 Å². The standard InChI is InChI=1S/C25H33NO3/c1-25-14-13-20-19-10-8-18(29-24(27)16-5-3-2-4-6-16)15-17(19)7-9-21(20)22(25)11-12-23(25)26-28/h2-6,17-22,28H,7-15H2,1H3/b26-23+/t17-,18+,19-,20+,21+,22-,25-/m0/s1. The largest absolute Gasteiger partial charge is 0.459 e. The number of rotatable bonds is 2. The van der Waals surface area contributed by atoms with E-state index in [-0.39, 0.29) is 17.5 Å². The molecule has 7 atom stereocenters. The Morgan fingerprint density at radius 1 is 1.03 bits per heavy atom. The lowest BCUT2D eigenvalue weighted by Gasteiger charge is -2.55. The molecule has 29 heavy (non-hydrogen) atoms. The second kappa shape index (κ2) is 7.45. The fraction of sp³-hybridized carbons (Fsp3) is 0.680. The number of fused-ring (bicyclic) bond motifs is 5. The van der Waals surface area contributed by atoms with Gasteiger partial charge < -0.3 is 9.94 Å². The molecule has 4 nitrogen and oxygen atoms in total. The van der Waals surface area contributed by atoms with E-state index in [9.17, 15) is 10.0 Å². The van der Waals surface area contributed by atoms with Crippen LogP contribution in [0.5, 0.6) is 0 Å². The van der Waals surface area contributed by atoms with Gasteiger partial charge in [0.2, 0.25) is 0 Å². The van der Waals surface area contributed by atoms with Gasteiger partial charge in [-0.05, 0) is 99.5 Å². The van der Waals surface area contributed by atoms with Gasteiger partial charge in [-0.2, -0.15) is 0 Å². The highest BCUT2D eigenvalue weighted by Gasteiger charge is 2.56. The second-order valence-corrected chi connectivity index (χ2v) is 10.2. The zero-order chi connectivity index (χ0) is 20.0. The highest BCUT2D eigenvalue weighted by atomic mass is 16.5. The molecule has 0 heterocycles. The summed E-state index contributed by atoms with van der Waals surface area (Å²) in [5.41, 5.74) is 1.85. The first-order chi connectivity index (χ1) is 14.1. The monoisotopic (exact) mass is 395 g/mol. The van der Waals surface area contributed by atoms with Crippen molar-refractivity contribution in [2.75, 3.05) is 0 Å². The molecule has 0 aromatic heterocycles. The summed E-state index contributed by atoms with van der Waals surface area (Å²) < 4.78 is 5.89. The molecule has 4 heteroatoms. The molecule has 4 aliphatic rings. The maximum absolute atomic E-state index is 12.5. The maximum Gasteiger partial charge on any atom is 0.338 e. The number of nitrogens with zero attached hydrogens (tertiary/aromatic N) is 1. The summed E-state index contributed by atoms with van der Waals surface area (Å²) in [5, 5.41) is 13.2. The molecule has 0 unspecified atom stereocenters. The zero-order valence-corrected chi connectivity index (χ0v) is 17.4. The fourth-order valence-corrected chi connectivity index (χ4v) is 7.66. The Kier molecular flexibility index (Phi) is 4.92. The van der Waals surface area contributed by atoms with Gasteiger partial charge in [0.15, 0.2) is 0 Å². The number of hydrogen-bond donors (Lipinski definition) is 1. The molecule has 156 valence electrons. The van der Waals surface area contributed by atoms with Gasteiger partial charge in [-0.15, -0.1) is 0 Å². The van der Waals surface area contributed by atoms with Crippen LogP contribution in [-0.2, 0) is 4.74 Å². The molecule has 0 aliphatic heterocycles. The lowest BCUT2D eigenvalue weighted by molar-refractivity contribution is -0.0626. The fourth-order valence-electron chi connectivity index (χ4n) is 7.66. The third-order valence-corrected chi connectivity index (χ3v) is 9.05.